The van der Waals surface area contributed by atoms with E-state index < -0.39 is 0 Å². The first-order chi connectivity index (χ1) is 13.2. The van der Waals surface area contributed by atoms with Crippen molar-refractivity contribution in [2.75, 3.05) is 13.1 Å². The van der Waals surface area contributed by atoms with Gasteiger partial charge in [-0.25, -0.2) is 4.98 Å². The van der Waals surface area contributed by atoms with E-state index in [1.165, 1.54) is 0 Å². The maximum absolute atomic E-state index is 13.4. The summed E-state index contributed by atoms with van der Waals surface area (Å²) in [4.78, 5) is 20.0. The van der Waals surface area contributed by atoms with Gasteiger partial charge >= 0.3 is 0 Å². The molecule has 1 amide bonds. The van der Waals surface area contributed by atoms with Gasteiger partial charge in [-0.3, -0.25) is 4.79 Å². The van der Waals surface area contributed by atoms with Gasteiger partial charge in [-0.15, -0.1) is 0 Å². The Morgan fingerprint density at radius 3 is 2.74 bits per heavy atom. The molecule has 1 spiro atoms. The monoisotopic (exact) mass is 367 g/mol. The van der Waals surface area contributed by atoms with Crippen LogP contribution in [-0.4, -0.2) is 39.5 Å². The summed E-state index contributed by atoms with van der Waals surface area (Å²) in [5.74, 6) is 1.06. The topological polar surface area (TPSA) is 76.2 Å². The average Bonchev–Trinajstić information content (AvgIpc) is 3.19. The Morgan fingerprint density at radius 1 is 1.33 bits per heavy atom. The first-order valence-corrected chi connectivity index (χ1v) is 9.97. The van der Waals surface area contributed by atoms with Crippen molar-refractivity contribution in [1.82, 2.24) is 19.8 Å². The second-order valence-electron chi connectivity index (χ2n) is 7.80. The summed E-state index contributed by atoms with van der Waals surface area (Å²) in [5, 5.41) is 3.45. The van der Waals surface area contributed by atoms with Crippen LogP contribution >= 0.6 is 0 Å². The standard InChI is InChI=1S/C21H29N5O/c1-2-25-12-11-24-19(25)15-26(18-13-21(18)7-9-23-10-8-21)20(27)17-5-3-16(14-22)4-6-17/h3-6,11-12,18,23H,2,7-10,13-15,22H2,1H3/t18-/m0/s1. The van der Waals surface area contributed by atoms with E-state index in [1.54, 1.807) is 0 Å². The van der Waals surface area contributed by atoms with Crippen LogP contribution in [0.2, 0.25) is 0 Å². The normalized spacial score (nSPS) is 20.6. The lowest BCUT2D eigenvalue weighted by Crippen LogP contribution is -2.39. The summed E-state index contributed by atoms with van der Waals surface area (Å²) in [6, 6.07) is 8.02. The molecule has 1 saturated carbocycles. The molecule has 2 aromatic rings. The van der Waals surface area contributed by atoms with Crippen molar-refractivity contribution >= 4 is 5.91 Å². The molecule has 27 heavy (non-hydrogen) atoms. The number of benzene rings is 1. The molecule has 2 aliphatic rings. The van der Waals surface area contributed by atoms with Crippen LogP contribution in [0, 0.1) is 5.41 Å². The molecule has 6 nitrogen and oxygen atoms in total. The summed E-state index contributed by atoms with van der Waals surface area (Å²) in [7, 11) is 0. The Morgan fingerprint density at radius 2 is 2.07 bits per heavy atom. The summed E-state index contributed by atoms with van der Waals surface area (Å²) in [6.45, 7) is 6.13. The minimum absolute atomic E-state index is 0.102. The van der Waals surface area contributed by atoms with Crippen molar-refractivity contribution in [3.8, 4) is 0 Å². The van der Waals surface area contributed by atoms with Crippen molar-refractivity contribution in [2.24, 2.45) is 11.1 Å². The lowest BCUT2D eigenvalue weighted by Gasteiger charge is -2.29. The molecule has 0 radical (unpaired) electrons. The summed E-state index contributed by atoms with van der Waals surface area (Å²) in [5.41, 5.74) is 7.77. The fourth-order valence-electron chi connectivity index (χ4n) is 4.43. The van der Waals surface area contributed by atoms with Crippen molar-refractivity contribution < 1.29 is 4.79 Å². The van der Waals surface area contributed by atoms with Gasteiger partial charge in [0.25, 0.3) is 5.91 Å². The van der Waals surface area contributed by atoms with Crippen molar-refractivity contribution in [3.63, 3.8) is 0 Å². The van der Waals surface area contributed by atoms with Crippen LogP contribution in [0.4, 0.5) is 0 Å². The van der Waals surface area contributed by atoms with Gasteiger partial charge in [0.05, 0.1) is 6.54 Å². The predicted octanol–water partition coefficient (Wildman–Crippen LogP) is 2.15. The number of carbonyl (C=O) groups excluding carboxylic acids is 1. The third kappa shape index (κ3) is 3.51. The van der Waals surface area contributed by atoms with Crippen LogP contribution < -0.4 is 11.1 Å². The number of imidazole rings is 1. The minimum Gasteiger partial charge on any atom is -0.334 e. The molecular weight excluding hydrogens is 338 g/mol. The molecule has 0 bridgehead atoms. The maximum Gasteiger partial charge on any atom is 0.254 e. The second-order valence-corrected chi connectivity index (χ2v) is 7.80. The van der Waals surface area contributed by atoms with Crippen molar-refractivity contribution in [1.29, 1.82) is 0 Å². The van der Waals surface area contributed by atoms with E-state index in [4.69, 9.17) is 5.73 Å². The van der Waals surface area contributed by atoms with Crippen LogP contribution in [0.25, 0.3) is 0 Å². The zero-order valence-electron chi connectivity index (χ0n) is 16.0. The van der Waals surface area contributed by atoms with Crippen molar-refractivity contribution in [3.05, 3.63) is 53.6 Å². The Balaban J connectivity index is 1.60. The fraction of sp³-hybridized carbons (Fsp3) is 0.524. The average molecular weight is 367 g/mol. The minimum atomic E-state index is 0.102. The van der Waals surface area contributed by atoms with Crippen LogP contribution in [0.1, 0.15) is 47.9 Å². The number of hydrogen-bond donors (Lipinski definition) is 2. The number of nitrogens with zero attached hydrogens (tertiary/aromatic N) is 3. The SMILES string of the molecule is CCn1ccnc1CN(C(=O)c1ccc(CN)cc1)[C@H]1CC12CCNCC2. The highest BCUT2D eigenvalue weighted by Gasteiger charge is 2.57. The van der Waals surface area contributed by atoms with Gasteiger partial charge in [0.15, 0.2) is 0 Å². The molecule has 0 unspecified atom stereocenters. The molecule has 1 aliphatic heterocycles. The lowest BCUT2D eigenvalue weighted by atomic mass is 9.93. The third-order valence-electron chi connectivity index (χ3n) is 6.27. The number of carbonyl (C=O) groups is 1. The van der Waals surface area contributed by atoms with Gasteiger partial charge in [0, 0.05) is 37.1 Å². The second kappa shape index (κ2) is 7.44. The van der Waals surface area contributed by atoms with Crippen molar-refractivity contribution in [2.45, 2.75) is 51.9 Å². The molecule has 144 valence electrons. The fourth-order valence-corrected chi connectivity index (χ4v) is 4.43. The van der Waals surface area contributed by atoms with Gasteiger partial charge in [0.2, 0.25) is 0 Å². The lowest BCUT2D eigenvalue weighted by molar-refractivity contribution is 0.0685. The number of nitrogens with two attached hydrogens (primary N) is 1. The molecule has 2 heterocycles. The first-order valence-electron chi connectivity index (χ1n) is 9.97. The number of rotatable bonds is 6. The van der Waals surface area contributed by atoms with E-state index in [-0.39, 0.29) is 5.91 Å². The number of aryl methyl sites for hydroxylation is 1. The molecule has 1 aliphatic carbocycles. The zero-order valence-corrected chi connectivity index (χ0v) is 16.0. The Bertz CT molecular complexity index is 791. The highest BCUT2D eigenvalue weighted by molar-refractivity contribution is 5.94. The molecule has 6 heteroatoms. The maximum atomic E-state index is 13.4. The molecule has 1 aromatic carbocycles. The Labute approximate surface area is 160 Å². The number of amides is 1. The molecule has 3 N–H and O–H groups in total. The highest BCUT2D eigenvalue weighted by Crippen LogP contribution is 2.56. The van der Waals surface area contributed by atoms with Crippen LogP contribution in [0.3, 0.4) is 0 Å². The quantitative estimate of drug-likeness (QED) is 0.820. The molecule has 1 saturated heterocycles. The van der Waals surface area contributed by atoms with E-state index in [2.05, 4.69) is 26.7 Å². The molecule has 2 fully saturated rings. The number of aromatic nitrogens is 2. The number of piperidine rings is 1. The predicted molar refractivity (Wildman–Crippen MR) is 105 cm³/mol. The third-order valence-corrected chi connectivity index (χ3v) is 6.27. The van der Waals surface area contributed by atoms with Crippen LogP contribution in [0.5, 0.6) is 0 Å². The van der Waals surface area contributed by atoms with Gasteiger partial charge < -0.3 is 20.5 Å². The molecular formula is C21H29N5O. The van der Waals surface area contributed by atoms with Crippen LogP contribution in [-0.2, 0) is 19.6 Å². The first kappa shape index (κ1) is 18.2. The molecule has 1 aromatic heterocycles. The smallest absolute Gasteiger partial charge is 0.254 e. The van der Waals surface area contributed by atoms with Crippen LogP contribution in [0.15, 0.2) is 36.7 Å². The molecule has 1 atom stereocenters. The Kier molecular flexibility index (Phi) is 5.02. The number of nitrogens with one attached hydrogen (secondary N) is 1. The summed E-state index contributed by atoms with van der Waals surface area (Å²) >= 11 is 0. The highest BCUT2D eigenvalue weighted by atomic mass is 16.2. The largest absolute Gasteiger partial charge is 0.334 e. The Hall–Kier alpha value is -2.18. The van der Waals surface area contributed by atoms with E-state index in [1.807, 2.05) is 36.7 Å². The van der Waals surface area contributed by atoms with E-state index in [0.29, 0.717) is 24.5 Å². The van der Waals surface area contributed by atoms with E-state index in [0.717, 1.165) is 55.8 Å². The van der Waals surface area contributed by atoms with Gasteiger partial charge in [0.1, 0.15) is 5.82 Å². The molecule has 4 rings (SSSR count). The number of hydrogen-bond acceptors (Lipinski definition) is 4. The van der Waals surface area contributed by atoms with Gasteiger partial charge in [-0.2, -0.15) is 0 Å². The van der Waals surface area contributed by atoms with Gasteiger partial charge in [-0.05, 0) is 62.4 Å². The zero-order chi connectivity index (χ0) is 18.9. The summed E-state index contributed by atoms with van der Waals surface area (Å²) < 4.78 is 2.12. The van der Waals surface area contributed by atoms with Gasteiger partial charge in [-0.1, -0.05) is 12.1 Å². The van der Waals surface area contributed by atoms with E-state index >= 15 is 0 Å². The van der Waals surface area contributed by atoms with E-state index in [9.17, 15) is 4.79 Å². The summed E-state index contributed by atoms with van der Waals surface area (Å²) in [6.07, 6.45) is 7.21.